The lowest BCUT2D eigenvalue weighted by molar-refractivity contribution is -0.154. The first-order valence-corrected chi connectivity index (χ1v) is 8.81. The minimum atomic E-state index is -0.940. The molecule has 1 saturated heterocycles. The fraction of sp³-hybridized carbons (Fsp3) is 0.824. The van der Waals surface area contributed by atoms with E-state index in [0.717, 1.165) is 25.7 Å². The molecule has 0 aromatic rings. The highest BCUT2D eigenvalue weighted by atomic mass is 16.5. The summed E-state index contributed by atoms with van der Waals surface area (Å²) in [6, 6.07) is -0.256. The van der Waals surface area contributed by atoms with Gasteiger partial charge in [-0.25, -0.2) is 0 Å². The molecule has 2 rings (SSSR count). The van der Waals surface area contributed by atoms with Gasteiger partial charge in [0.05, 0.1) is 5.41 Å². The first-order valence-electron chi connectivity index (χ1n) is 8.81. The molecule has 1 aliphatic carbocycles. The average Bonchev–Trinajstić information content (AvgIpc) is 3.08. The molecule has 1 unspecified atom stereocenters. The molecule has 1 aliphatic heterocycles. The Morgan fingerprint density at radius 3 is 2.42 bits per heavy atom. The highest BCUT2D eigenvalue weighted by Crippen LogP contribution is 2.30. The van der Waals surface area contributed by atoms with Gasteiger partial charge in [0.1, 0.15) is 0 Å². The Morgan fingerprint density at radius 2 is 1.83 bits per heavy atom. The predicted octanol–water partition coefficient (Wildman–Crippen LogP) is 1.07. The zero-order chi connectivity index (χ0) is 17.6. The van der Waals surface area contributed by atoms with Crippen LogP contribution < -0.4 is 10.6 Å². The predicted molar refractivity (Wildman–Crippen MR) is 87.3 cm³/mol. The Labute approximate surface area is 142 Å². The van der Waals surface area contributed by atoms with E-state index >= 15 is 0 Å². The van der Waals surface area contributed by atoms with Crippen molar-refractivity contribution in [2.24, 2.45) is 11.3 Å². The monoisotopic (exact) mass is 340 g/mol. The van der Waals surface area contributed by atoms with Crippen molar-refractivity contribution in [2.45, 2.75) is 57.9 Å². The van der Waals surface area contributed by atoms with Crippen molar-refractivity contribution in [2.75, 3.05) is 19.8 Å². The van der Waals surface area contributed by atoms with Crippen LogP contribution in [0.2, 0.25) is 0 Å². The lowest BCUT2D eigenvalue weighted by Gasteiger charge is -2.33. The molecule has 1 heterocycles. The van der Waals surface area contributed by atoms with Crippen LogP contribution in [0, 0.1) is 11.3 Å². The van der Waals surface area contributed by atoms with Gasteiger partial charge in [0.2, 0.25) is 11.8 Å². The SMILES string of the molecule is CC(CC(=O)NCC1(C(=O)O)CCOCC1)NC(=O)C1CCCC1. The molecule has 0 aromatic heterocycles. The highest BCUT2D eigenvalue weighted by molar-refractivity contribution is 5.82. The third-order valence-electron chi connectivity index (χ3n) is 5.13. The summed E-state index contributed by atoms with van der Waals surface area (Å²) in [7, 11) is 0. The zero-order valence-electron chi connectivity index (χ0n) is 14.3. The van der Waals surface area contributed by atoms with E-state index in [4.69, 9.17) is 4.74 Å². The van der Waals surface area contributed by atoms with E-state index in [0.29, 0.717) is 26.1 Å². The third-order valence-corrected chi connectivity index (χ3v) is 5.13. The molecule has 1 saturated carbocycles. The van der Waals surface area contributed by atoms with Gasteiger partial charge in [0, 0.05) is 38.1 Å². The Morgan fingerprint density at radius 1 is 1.21 bits per heavy atom. The van der Waals surface area contributed by atoms with Gasteiger partial charge < -0.3 is 20.5 Å². The second-order valence-electron chi connectivity index (χ2n) is 7.07. The second kappa shape index (κ2) is 8.46. The normalized spacial score (nSPS) is 21.9. The lowest BCUT2D eigenvalue weighted by atomic mass is 9.80. The number of aliphatic carboxylic acids is 1. The first-order chi connectivity index (χ1) is 11.4. The topological polar surface area (TPSA) is 105 Å². The molecule has 2 fully saturated rings. The van der Waals surface area contributed by atoms with E-state index < -0.39 is 11.4 Å². The van der Waals surface area contributed by atoms with E-state index in [-0.39, 0.29) is 36.7 Å². The Bertz CT molecular complexity index is 468. The lowest BCUT2D eigenvalue weighted by Crippen LogP contribution is -2.47. The molecular formula is C17H28N2O5. The largest absolute Gasteiger partial charge is 0.481 e. The molecular weight excluding hydrogens is 312 g/mol. The van der Waals surface area contributed by atoms with Crippen LogP contribution in [0.4, 0.5) is 0 Å². The van der Waals surface area contributed by atoms with Gasteiger partial charge in [-0.1, -0.05) is 12.8 Å². The van der Waals surface area contributed by atoms with Crippen molar-refractivity contribution in [1.29, 1.82) is 0 Å². The summed E-state index contributed by atoms with van der Waals surface area (Å²) in [4.78, 5) is 35.7. The van der Waals surface area contributed by atoms with Crippen molar-refractivity contribution >= 4 is 17.8 Å². The minimum Gasteiger partial charge on any atom is -0.481 e. The van der Waals surface area contributed by atoms with Gasteiger partial charge in [-0.3, -0.25) is 14.4 Å². The number of carboxylic acids is 1. The summed E-state index contributed by atoms with van der Waals surface area (Å²) in [5, 5.41) is 15.1. The van der Waals surface area contributed by atoms with Crippen molar-refractivity contribution in [3.05, 3.63) is 0 Å². The number of amides is 2. The maximum absolute atomic E-state index is 12.1. The summed E-state index contributed by atoms with van der Waals surface area (Å²) in [6.45, 7) is 2.70. The molecule has 3 N–H and O–H groups in total. The van der Waals surface area contributed by atoms with E-state index in [9.17, 15) is 19.5 Å². The quantitative estimate of drug-likeness (QED) is 0.643. The summed E-state index contributed by atoms with van der Waals surface area (Å²) < 4.78 is 5.22. The van der Waals surface area contributed by atoms with Crippen LogP contribution >= 0.6 is 0 Å². The molecule has 2 aliphatic rings. The molecule has 7 nitrogen and oxygen atoms in total. The fourth-order valence-corrected chi connectivity index (χ4v) is 3.45. The number of carbonyl (C=O) groups excluding carboxylic acids is 2. The Kier molecular flexibility index (Phi) is 6.60. The Hall–Kier alpha value is -1.63. The van der Waals surface area contributed by atoms with Gasteiger partial charge in [0.25, 0.3) is 0 Å². The number of carbonyl (C=O) groups is 3. The molecule has 0 aromatic carbocycles. The van der Waals surface area contributed by atoms with Crippen LogP contribution in [0.25, 0.3) is 0 Å². The number of hydrogen-bond donors (Lipinski definition) is 3. The van der Waals surface area contributed by atoms with Gasteiger partial charge in [0.15, 0.2) is 0 Å². The van der Waals surface area contributed by atoms with Crippen LogP contribution in [-0.4, -0.2) is 48.7 Å². The molecule has 7 heteroatoms. The summed E-state index contributed by atoms with van der Waals surface area (Å²) in [5.41, 5.74) is -0.940. The first kappa shape index (κ1) is 18.7. The van der Waals surface area contributed by atoms with Gasteiger partial charge in [-0.15, -0.1) is 0 Å². The summed E-state index contributed by atoms with van der Waals surface area (Å²) >= 11 is 0. The molecule has 136 valence electrons. The summed E-state index contributed by atoms with van der Waals surface area (Å²) in [6.07, 6.45) is 4.99. The minimum absolute atomic E-state index is 0.0271. The smallest absolute Gasteiger partial charge is 0.311 e. The number of rotatable bonds is 7. The molecule has 0 bridgehead atoms. The zero-order valence-corrected chi connectivity index (χ0v) is 14.3. The standard InChI is InChI=1S/C17H28N2O5/c1-12(19-15(21)13-4-2-3-5-13)10-14(20)18-11-17(16(22)23)6-8-24-9-7-17/h12-13H,2-11H2,1H3,(H,18,20)(H,19,21)(H,22,23). The van der Waals surface area contributed by atoms with Gasteiger partial charge in [-0.2, -0.15) is 0 Å². The highest BCUT2D eigenvalue weighted by Gasteiger charge is 2.40. The van der Waals surface area contributed by atoms with Crippen LogP contribution in [-0.2, 0) is 19.1 Å². The Balaban J connectivity index is 1.75. The van der Waals surface area contributed by atoms with E-state index in [1.165, 1.54) is 0 Å². The number of nitrogens with one attached hydrogen (secondary N) is 2. The number of ether oxygens (including phenoxy) is 1. The van der Waals surface area contributed by atoms with Crippen molar-refractivity contribution in [3.63, 3.8) is 0 Å². The third kappa shape index (κ3) is 4.93. The van der Waals surface area contributed by atoms with Crippen molar-refractivity contribution < 1.29 is 24.2 Å². The maximum atomic E-state index is 12.1. The fourth-order valence-electron chi connectivity index (χ4n) is 3.45. The van der Waals surface area contributed by atoms with E-state index in [2.05, 4.69) is 10.6 Å². The van der Waals surface area contributed by atoms with Crippen LogP contribution in [0.15, 0.2) is 0 Å². The van der Waals surface area contributed by atoms with Gasteiger partial charge in [-0.05, 0) is 32.6 Å². The average molecular weight is 340 g/mol. The second-order valence-corrected chi connectivity index (χ2v) is 7.07. The molecule has 24 heavy (non-hydrogen) atoms. The molecule has 0 spiro atoms. The van der Waals surface area contributed by atoms with Gasteiger partial charge >= 0.3 is 5.97 Å². The maximum Gasteiger partial charge on any atom is 0.311 e. The number of hydrogen-bond acceptors (Lipinski definition) is 4. The number of carboxylic acid groups (broad SMARTS) is 1. The van der Waals surface area contributed by atoms with Crippen LogP contribution in [0.1, 0.15) is 51.9 Å². The van der Waals surface area contributed by atoms with Crippen LogP contribution in [0.3, 0.4) is 0 Å². The summed E-state index contributed by atoms with van der Waals surface area (Å²) in [5.74, 6) is -1.03. The molecule has 1 atom stereocenters. The molecule has 2 amide bonds. The van der Waals surface area contributed by atoms with Crippen LogP contribution in [0.5, 0.6) is 0 Å². The van der Waals surface area contributed by atoms with Crippen molar-refractivity contribution in [1.82, 2.24) is 10.6 Å². The molecule has 0 radical (unpaired) electrons. The van der Waals surface area contributed by atoms with Crippen molar-refractivity contribution in [3.8, 4) is 0 Å². The van der Waals surface area contributed by atoms with E-state index in [1.807, 2.05) is 0 Å². The van der Waals surface area contributed by atoms with E-state index in [1.54, 1.807) is 6.92 Å².